The molecule has 1 aliphatic rings. The number of aryl methyl sites for hydroxylation is 1. The Hall–Kier alpha value is -2.15. The molecule has 0 saturated carbocycles. The van der Waals surface area contributed by atoms with Crippen LogP contribution in [-0.4, -0.2) is 25.4 Å². The quantitative estimate of drug-likeness (QED) is 0.461. The van der Waals surface area contributed by atoms with Crippen LogP contribution >= 0.6 is 11.3 Å². The lowest BCUT2D eigenvalue weighted by atomic mass is 9.92. The van der Waals surface area contributed by atoms with Crippen molar-refractivity contribution >= 4 is 21.4 Å². The number of sulfonamides is 1. The third-order valence-electron chi connectivity index (χ3n) is 6.04. The summed E-state index contributed by atoms with van der Waals surface area (Å²) in [4.78, 5) is 1.60. The zero-order valence-corrected chi connectivity index (χ0v) is 19.9. The number of benzene rings is 2. The standard InChI is InChI=1S/C25H29NO3S2/c1-4-21-17-26(31(27,28)25-11-7-6-9-23(25)29-21)16-20-15-19(13-12-18(20)3)22(5-2)24-10-8-14-30-24/h6-15,21-22H,4-5,16-17H2,1-3H3/t21-,22?/m1/s1. The summed E-state index contributed by atoms with van der Waals surface area (Å²) in [5.41, 5.74) is 3.39. The number of ether oxygens (including phenoxy) is 1. The van der Waals surface area contributed by atoms with E-state index in [1.807, 2.05) is 13.0 Å². The van der Waals surface area contributed by atoms with Gasteiger partial charge in [0, 0.05) is 17.3 Å². The highest BCUT2D eigenvalue weighted by molar-refractivity contribution is 7.89. The molecule has 0 spiro atoms. The van der Waals surface area contributed by atoms with Crippen LogP contribution in [0, 0.1) is 6.92 Å². The van der Waals surface area contributed by atoms with E-state index in [-0.39, 0.29) is 11.0 Å². The molecule has 0 bridgehead atoms. The number of hydrogen-bond acceptors (Lipinski definition) is 4. The van der Waals surface area contributed by atoms with Gasteiger partial charge in [0.15, 0.2) is 0 Å². The molecular weight excluding hydrogens is 426 g/mol. The van der Waals surface area contributed by atoms with Crippen molar-refractivity contribution in [2.75, 3.05) is 6.54 Å². The highest BCUT2D eigenvalue weighted by Crippen LogP contribution is 2.35. The summed E-state index contributed by atoms with van der Waals surface area (Å²) in [5.74, 6) is 0.776. The predicted molar refractivity (Wildman–Crippen MR) is 126 cm³/mol. The van der Waals surface area contributed by atoms with Gasteiger partial charge in [-0.15, -0.1) is 11.3 Å². The predicted octanol–water partition coefficient (Wildman–Crippen LogP) is 5.96. The zero-order chi connectivity index (χ0) is 22.0. The van der Waals surface area contributed by atoms with Crippen molar-refractivity contribution in [2.24, 2.45) is 0 Å². The Labute approximate surface area is 189 Å². The molecule has 1 aliphatic heterocycles. The van der Waals surface area contributed by atoms with Gasteiger partial charge in [-0.1, -0.05) is 50.2 Å². The monoisotopic (exact) mass is 455 g/mol. The number of thiophene rings is 1. The molecule has 3 aromatic rings. The number of para-hydroxylation sites is 1. The van der Waals surface area contributed by atoms with Crippen molar-refractivity contribution < 1.29 is 13.2 Å². The number of fused-ring (bicyclic) bond motifs is 1. The highest BCUT2D eigenvalue weighted by atomic mass is 32.2. The summed E-state index contributed by atoms with van der Waals surface area (Å²) in [7, 11) is -3.65. The van der Waals surface area contributed by atoms with Crippen LogP contribution in [-0.2, 0) is 16.6 Å². The van der Waals surface area contributed by atoms with E-state index in [9.17, 15) is 8.42 Å². The lowest BCUT2D eigenvalue weighted by Crippen LogP contribution is -2.36. The van der Waals surface area contributed by atoms with Gasteiger partial charge < -0.3 is 4.74 Å². The van der Waals surface area contributed by atoms with Crippen LogP contribution in [0.1, 0.15) is 54.2 Å². The molecule has 2 heterocycles. The molecular formula is C25H29NO3S2. The van der Waals surface area contributed by atoms with Gasteiger partial charge in [-0.05, 0) is 60.0 Å². The Morgan fingerprint density at radius 1 is 1.13 bits per heavy atom. The van der Waals surface area contributed by atoms with Crippen molar-refractivity contribution in [2.45, 2.75) is 57.1 Å². The second kappa shape index (κ2) is 9.15. The maximum Gasteiger partial charge on any atom is 0.247 e. The van der Waals surface area contributed by atoms with Crippen molar-refractivity contribution in [3.63, 3.8) is 0 Å². The van der Waals surface area contributed by atoms with Crippen molar-refractivity contribution in [3.05, 3.63) is 81.5 Å². The molecule has 0 amide bonds. The molecule has 0 aliphatic carbocycles. The summed E-state index contributed by atoms with van der Waals surface area (Å²) in [6.07, 6.45) is 1.58. The van der Waals surface area contributed by atoms with Crippen molar-refractivity contribution in [1.82, 2.24) is 4.31 Å². The molecule has 1 aromatic heterocycles. The van der Waals surface area contributed by atoms with Gasteiger partial charge in [-0.2, -0.15) is 4.31 Å². The van der Waals surface area contributed by atoms with Crippen LogP contribution in [0.15, 0.2) is 64.9 Å². The highest BCUT2D eigenvalue weighted by Gasteiger charge is 2.34. The molecule has 0 N–H and O–H groups in total. The normalized spacial score (nSPS) is 19.3. The molecule has 31 heavy (non-hydrogen) atoms. The third kappa shape index (κ3) is 4.43. The van der Waals surface area contributed by atoms with E-state index in [1.54, 1.807) is 33.8 Å². The van der Waals surface area contributed by atoms with Crippen LogP contribution < -0.4 is 4.74 Å². The molecule has 2 aromatic carbocycles. The molecule has 0 radical (unpaired) electrons. The second-order valence-corrected chi connectivity index (χ2v) is 10.9. The average Bonchev–Trinajstić information content (AvgIpc) is 3.26. The summed E-state index contributed by atoms with van der Waals surface area (Å²) in [6.45, 7) is 6.97. The van der Waals surface area contributed by atoms with E-state index >= 15 is 0 Å². The van der Waals surface area contributed by atoms with E-state index in [0.717, 1.165) is 24.0 Å². The fourth-order valence-corrected chi connectivity index (χ4v) is 6.67. The van der Waals surface area contributed by atoms with Crippen LogP contribution in [0.3, 0.4) is 0 Å². The Morgan fingerprint density at radius 3 is 2.65 bits per heavy atom. The first-order valence-electron chi connectivity index (χ1n) is 10.8. The maximum atomic E-state index is 13.5. The van der Waals surface area contributed by atoms with Gasteiger partial charge in [0.25, 0.3) is 0 Å². The summed E-state index contributed by atoms with van der Waals surface area (Å²) in [5, 5.41) is 2.11. The van der Waals surface area contributed by atoms with Gasteiger partial charge in [0.05, 0.1) is 6.54 Å². The Kier molecular flexibility index (Phi) is 6.51. The van der Waals surface area contributed by atoms with E-state index in [0.29, 0.717) is 24.8 Å². The zero-order valence-electron chi connectivity index (χ0n) is 18.2. The molecule has 4 nitrogen and oxygen atoms in total. The van der Waals surface area contributed by atoms with E-state index in [2.05, 4.69) is 49.6 Å². The largest absolute Gasteiger partial charge is 0.488 e. The van der Waals surface area contributed by atoms with Gasteiger partial charge >= 0.3 is 0 Å². The topological polar surface area (TPSA) is 46.6 Å². The van der Waals surface area contributed by atoms with Crippen molar-refractivity contribution in [1.29, 1.82) is 0 Å². The van der Waals surface area contributed by atoms with Crippen LogP contribution in [0.4, 0.5) is 0 Å². The number of rotatable bonds is 6. The molecule has 1 unspecified atom stereocenters. The van der Waals surface area contributed by atoms with Gasteiger partial charge in [0.2, 0.25) is 10.0 Å². The maximum absolute atomic E-state index is 13.5. The van der Waals surface area contributed by atoms with Gasteiger partial charge in [0.1, 0.15) is 16.7 Å². The molecule has 2 atom stereocenters. The Bertz CT molecular complexity index is 1140. The van der Waals surface area contributed by atoms with Gasteiger partial charge in [-0.25, -0.2) is 8.42 Å². The van der Waals surface area contributed by atoms with E-state index < -0.39 is 10.0 Å². The molecule has 4 rings (SSSR count). The smallest absolute Gasteiger partial charge is 0.247 e. The molecule has 6 heteroatoms. The SMILES string of the molecule is CCC(c1ccc(C)c(CN2C[C@@H](CC)Oc3ccccc3S2(=O)=O)c1)c1cccs1. The minimum absolute atomic E-state index is 0.170. The molecule has 0 saturated heterocycles. The minimum atomic E-state index is -3.65. The summed E-state index contributed by atoms with van der Waals surface area (Å²) >= 11 is 1.77. The fraction of sp³-hybridized carbons (Fsp3) is 0.360. The van der Waals surface area contributed by atoms with Crippen LogP contribution in [0.2, 0.25) is 0 Å². The lowest BCUT2D eigenvalue weighted by Gasteiger charge is -2.24. The summed E-state index contributed by atoms with van der Waals surface area (Å²) in [6, 6.07) is 17.7. The van der Waals surface area contributed by atoms with Crippen LogP contribution in [0.25, 0.3) is 0 Å². The first kappa shape index (κ1) is 22.1. The lowest BCUT2D eigenvalue weighted by molar-refractivity contribution is 0.168. The molecule has 164 valence electrons. The molecule has 0 fully saturated rings. The first-order chi connectivity index (χ1) is 14.9. The van der Waals surface area contributed by atoms with Crippen molar-refractivity contribution in [3.8, 4) is 5.75 Å². The van der Waals surface area contributed by atoms with E-state index in [1.165, 1.54) is 10.4 Å². The fourth-order valence-electron chi connectivity index (χ4n) is 4.16. The summed E-state index contributed by atoms with van der Waals surface area (Å²) < 4.78 is 34.7. The number of hydrogen-bond donors (Lipinski definition) is 0. The van der Waals surface area contributed by atoms with Crippen LogP contribution in [0.5, 0.6) is 5.75 Å². The Morgan fingerprint density at radius 2 is 1.94 bits per heavy atom. The minimum Gasteiger partial charge on any atom is -0.488 e. The second-order valence-electron chi connectivity index (χ2n) is 8.05. The van der Waals surface area contributed by atoms with Gasteiger partial charge in [-0.3, -0.25) is 0 Å². The number of nitrogens with zero attached hydrogens (tertiary/aromatic N) is 1. The first-order valence-corrected chi connectivity index (χ1v) is 13.1. The Balaban J connectivity index is 1.71. The van der Waals surface area contributed by atoms with E-state index in [4.69, 9.17) is 4.74 Å². The average molecular weight is 456 g/mol. The third-order valence-corrected chi connectivity index (χ3v) is 8.88.